The van der Waals surface area contributed by atoms with Crippen molar-refractivity contribution in [2.45, 2.75) is 19.8 Å². The summed E-state index contributed by atoms with van der Waals surface area (Å²) in [7, 11) is 1.86. The van der Waals surface area contributed by atoms with Crippen LogP contribution in [0.5, 0.6) is 0 Å². The molecule has 1 saturated heterocycles. The highest BCUT2D eigenvalue weighted by molar-refractivity contribution is 7.14. The van der Waals surface area contributed by atoms with Crippen LogP contribution in [0.2, 0.25) is 0 Å². The molecule has 1 fully saturated rings. The molecule has 0 aromatic carbocycles. The molecule has 0 saturated carbocycles. The van der Waals surface area contributed by atoms with E-state index in [0.717, 1.165) is 42.4 Å². The Kier molecular flexibility index (Phi) is 4.24. The minimum atomic E-state index is 0.0753. The second kappa shape index (κ2) is 5.71. The zero-order valence-corrected chi connectivity index (χ0v) is 11.8. The summed E-state index contributed by atoms with van der Waals surface area (Å²) < 4.78 is 5.33. The van der Waals surface area contributed by atoms with Gasteiger partial charge in [-0.15, -0.1) is 11.3 Å². The first-order valence-corrected chi connectivity index (χ1v) is 7.08. The maximum atomic E-state index is 12.2. The van der Waals surface area contributed by atoms with Gasteiger partial charge in [0.2, 0.25) is 0 Å². The topological polar surface area (TPSA) is 55.6 Å². The van der Waals surface area contributed by atoms with E-state index in [4.69, 9.17) is 10.5 Å². The van der Waals surface area contributed by atoms with E-state index in [9.17, 15) is 4.79 Å². The molecule has 18 heavy (non-hydrogen) atoms. The predicted octanol–water partition coefficient (Wildman–Crippen LogP) is 2.14. The van der Waals surface area contributed by atoms with Crippen molar-refractivity contribution < 1.29 is 9.53 Å². The molecule has 1 aliphatic rings. The number of nitrogens with two attached hydrogens (primary N) is 1. The van der Waals surface area contributed by atoms with Crippen molar-refractivity contribution in [1.29, 1.82) is 0 Å². The average Bonchev–Trinajstić information content (AvgIpc) is 2.70. The Morgan fingerprint density at radius 3 is 2.78 bits per heavy atom. The molecular weight excluding hydrogens is 248 g/mol. The summed E-state index contributed by atoms with van der Waals surface area (Å²) >= 11 is 1.47. The highest BCUT2D eigenvalue weighted by atomic mass is 32.1. The Bertz CT molecular complexity index is 405. The Morgan fingerprint density at radius 2 is 2.22 bits per heavy atom. The molecule has 1 aliphatic heterocycles. The Labute approximate surface area is 112 Å². The van der Waals surface area contributed by atoms with E-state index in [1.165, 1.54) is 11.3 Å². The van der Waals surface area contributed by atoms with Crippen LogP contribution in [-0.2, 0) is 4.74 Å². The summed E-state index contributed by atoms with van der Waals surface area (Å²) in [6.45, 7) is 4.38. The highest BCUT2D eigenvalue weighted by Crippen LogP contribution is 2.25. The van der Waals surface area contributed by atoms with Crippen molar-refractivity contribution in [1.82, 2.24) is 4.90 Å². The molecule has 0 spiro atoms. The Hall–Kier alpha value is -1.07. The third-order valence-electron chi connectivity index (χ3n) is 3.39. The number of hydrogen-bond acceptors (Lipinski definition) is 4. The lowest BCUT2D eigenvalue weighted by atomic mass is 10.00. The van der Waals surface area contributed by atoms with Crippen molar-refractivity contribution in [3.63, 3.8) is 0 Å². The molecule has 1 aromatic rings. The number of aryl methyl sites for hydroxylation is 1. The fourth-order valence-electron chi connectivity index (χ4n) is 2.19. The van der Waals surface area contributed by atoms with Gasteiger partial charge in [0.1, 0.15) is 0 Å². The maximum absolute atomic E-state index is 12.2. The molecule has 0 radical (unpaired) electrons. The van der Waals surface area contributed by atoms with Gasteiger partial charge in [0.05, 0.1) is 4.88 Å². The molecule has 4 nitrogen and oxygen atoms in total. The number of carbonyl (C=O) groups excluding carboxylic acids is 1. The number of ether oxygens (including phenoxy) is 1. The first-order chi connectivity index (χ1) is 8.58. The lowest BCUT2D eigenvalue weighted by Gasteiger charge is -2.26. The van der Waals surface area contributed by atoms with Crippen molar-refractivity contribution >= 4 is 22.9 Å². The van der Waals surface area contributed by atoms with Gasteiger partial charge >= 0.3 is 0 Å². The molecule has 2 N–H and O–H groups in total. The van der Waals surface area contributed by atoms with Gasteiger partial charge in [-0.2, -0.15) is 0 Å². The second-order valence-corrected chi connectivity index (χ2v) is 6.12. The molecule has 100 valence electrons. The normalized spacial score (nSPS) is 16.8. The molecule has 2 rings (SSSR count). The molecule has 1 amide bonds. The number of hydrogen-bond donors (Lipinski definition) is 1. The van der Waals surface area contributed by atoms with Gasteiger partial charge < -0.3 is 15.4 Å². The molecule has 2 heterocycles. The second-order valence-electron chi connectivity index (χ2n) is 4.86. The van der Waals surface area contributed by atoms with Crippen LogP contribution >= 0.6 is 11.3 Å². The molecular formula is C13H20N2O2S. The molecule has 0 aliphatic carbocycles. The smallest absolute Gasteiger partial charge is 0.263 e. The monoisotopic (exact) mass is 268 g/mol. The zero-order valence-electron chi connectivity index (χ0n) is 10.9. The van der Waals surface area contributed by atoms with Gasteiger partial charge in [0.15, 0.2) is 0 Å². The predicted molar refractivity (Wildman–Crippen MR) is 74.0 cm³/mol. The van der Waals surface area contributed by atoms with E-state index in [1.54, 1.807) is 11.0 Å². The lowest BCUT2D eigenvalue weighted by Crippen LogP contribution is -2.33. The zero-order chi connectivity index (χ0) is 13.1. The average molecular weight is 268 g/mol. The van der Waals surface area contributed by atoms with E-state index in [2.05, 4.69) is 0 Å². The van der Waals surface area contributed by atoms with Crippen LogP contribution in [0.15, 0.2) is 6.07 Å². The van der Waals surface area contributed by atoms with Gasteiger partial charge in [-0.3, -0.25) is 4.79 Å². The van der Waals surface area contributed by atoms with Crippen molar-refractivity contribution in [2.24, 2.45) is 5.92 Å². The summed E-state index contributed by atoms with van der Waals surface area (Å²) in [6, 6.07) is 1.78. The fraction of sp³-hybridized carbons (Fsp3) is 0.615. The number of thiophene rings is 1. The first kappa shape index (κ1) is 13.4. The van der Waals surface area contributed by atoms with Crippen LogP contribution in [0.25, 0.3) is 0 Å². The summed E-state index contributed by atoms with van der Waals surface area (Å²) in [5.74, 6) is 0.636. The summed E-state index contributed by atoms with van der Waals surface area (Å²) in [6.07, 6.45) is 2.09. The first-order valence-electron chi connectivity index (χ1n) is 6.27. The van der Waals surface area contributed by atoms with Crippen LogP contribution in [0.1, 0.15) is 27.4 Å². The van der Waals surface area contributed by atoms with Crippen LogP contribution < -0.4 is 5.73 Å². The van der Waals surface area contributed by atoms with Gasteiger partial charge in [-0.1, -0.05) is 0 Å². The van der Waals surface area contributed by atoms with Gasteiger partial charge in [0.25, 0.3) is 5.91 Å². The minimum Gasteiger partial charge on any atom is -0.398 e. The largest absolute Gasteiger partial charge is 0.398 e. The van der Waals surface area contributed by atoms with E-state index in [-0.39, 0.29) is 5.91 Å². The fourth-order valence-corrected chi connectivity index (χ4v) is 3.12. The Morgan fingerprint density at radius 1 is 1.56 bits per heavy atom. The number of carbonyl (C=O) groups is 1. The quantitative estimate of drug-likeness (QED) is 0.913. The van der Waals surface area contributed by atoms with Crippen LogP contribution in [0.3, 0.4) is 0 Å². The van der Waals surface area contributed by atoms with Crippen LogP contribution in [0, 0.1) is 12.8 Å². The SMILES string of the molecule is Cc1sc(C(=O)N(C)CC2CCOCC2)cc1N. The van der Waals surface area contributed by atoms with Crippen molar-refractivity contribution in [2.75, 3.05) is 32.5 Å². The van der Waals surface area contributed by atoms with Gasteiger partial charge in [0, 0.05) is 37.4 Å². The third-order valence-corrected chi connectivity index (χ3v) is 4.44. The molecule has 0 bridgehead atoms. The molecule has 1 aromatic heterocycles. The minimum absolute atomic E-state index is 0.0753. The summed E-state index contributed by atoms with van der Waals surface area (Å²) in [5.41, 5.74) is 6.50. The van der Waals surface area contributed by atoms with Crippen LogP contribution in [-0.4, -0.2) is 37.6 Å². The lowest BCUT2D eigenvalue weighted by molar-refractivity contribution is 0.0499. The number of nitrogen functional groups attached to an aromatic ring is 1. The van der Waals surface area contributed by atoms with Crippen LogP contribution in [0.4, 0.5) is 5.69 Å². The number of anilines is 1. The molecule has 0 unspecified atom stereocenters. The Balaban J connectivity index is 1.95. The van der Waals surface area contributed by atoms with Gasteiger partial charge in [-0.25, -0.2) is 0 Å². The summed E-state index contributed by atoms with van der Waals surface area (Å²) in [5, 5.41) is 0. The van der Waals surface area contributed by atoms with E-state index < -0.39 is 0 Å². The standard InChI is InChI=1S/C13H20N2O2S/c1-9-11(14)7-12(18-9)13(16)15(2)8-10-3-5-17-6-4-10/h7,10H,3-6,8,14H2,1-2H3. The van der Waals surface area contributed by atoms with E-state index in [0.29, 0.717) is 11.6 Å². The maximum Gasteiger partial charge on any atom is 0.263 e. The summed E-state index contributed by atoms with van der Waals surface area (Å²) in [4.78, 5) is 15.8. The molecule has 5 heteroatoms. The number of nitrogens with zero attached hydrogens (tertiary/aromatic N) is 1. The number of amides is 1. The number of rotatable bonds is 3. The van der Waals surface area contributed by atoms with E-state index >= 15 is 0 Å². The molecule has 0 atom stereocenters. The van der Waals surface area contributed by atoms with E-state index in [1.807, 2.05) is 14.0 Å². The van der Waals surface area contributed by atoms with Gasteiger partial charge in [-0.05, 0) is 31.7 Å². The highest BCUT2D eigenvalue weighted by Gasteiger charge is 2.20. The van der Waals surface area contributed by atoms with Crippen molar-refractivity contribution in [3.05, 3.63) is 15.8 Å². The third kappa shape index (κ3) is 3.03. The van der Waals surface area contributed by atoms with Crippen molar-refractivity contribution in [3.8, 4) is 0 Å².